The highest BCUT2D eigenvalue weighted by Gasteiger charge is 2.15. The summed E-state index contributed by atoms with van der Waals surface area (Å²) < 4.78 is 10.0. The van der Waals surface area contributed by atoms with Gasteiger partial charge in [0.1, 0.15) is 6.10 Å². The Morgan fingerprint density at radius 2 is 1.03 bits per heavy atom. The van der Waals surface area contributed by atoms with Gasteiger partial charge in [0.05, 0.1) is 6.61 Å². The molecule has 226 valence electrons. The number of carboxylic acids is 1. The third kappa shape index (κ3) is 33.6. The van der Waals surface area contributed by atoms with Gasteiger partial charge in [0.25, 0.3) is 0 Å². The molecule has 39 heavy (non-hydrogen) atoms. The molecular weight excluding hydrogens is 492 g/mol. The van der Waals surface area contributed by atoms with E-state index in [1.54, 1.807) is 0 Å². The van der Waals surface area contributed by atoms with Crippen molar-refractivity contribution in [1.29, 1.82) is 0 Å². The van der Waals surface area contributed by atoms with Crippen LogP contribution in [-0.2, 0) is 23.9 Å². The molecule has 0 radical (unpaired) electrons. The molecule has 0 spiro atoms. The van der Waals surface area contributed by atoms with E-state index in [-0.39, 0.29) is 18.0 Å². The smallest absolute Gasteiger partial charge is 0.330 e. The van der Waals surface area contributed by atoms with E-state index in [1.807, 2.05) is 0 Å². The van der Waals surface area contributed by atoms with Gasteiger partial charge in [0, 0.05) is 18.2 Å². The number of carboxylic acid groups (broad SMARTS) is 1. The van der Waals surface area contributed by atoms with E-state index in [0.717, 1.165) is 25.3 Å². The van der Waals surface area contributed by atoms with Crippen molar-refractivity contribution in [1.82, 2.24) is 0 Å². The second kappa shape index (κ2) is 31.8. The molecule has 0 heterocycles. The molecule has 0 amide bonds. The normalized spacial score (nSPS) is 12.5. The number of esters is 2. The van der Waals surface area contributed by atoms with Crippen LogP contribution < -0.4 is 0 Å². The van der Waals surface area contributed by atoms with Gasteiger partial charge < -0.3 is 14.6 Å². The first-order valence-corrected chi connectivity index (χ1v) is 15.4. The summed E-state index contributed by atoms with van der Waals surface area (Å²) in [6, 6.07) is 0. The Morgan fingerprint density at radius 1 is 0.641 bits per heavy atom. The maximum absolute atomic E-state index is 10.8. The van der Waals surface area contributed by atoms with Gasteiger partial charge in [-0.15, -0.1) is 0 Å². The molecule has 6 nitrogen and oxygen atoms in total. The summed E-state index contributed by atoms with van der Waals surface area (Å²) in [4.78, 5) is 30.8. The first-order valence-electron chi connectivity index (χ1n) is 15.4. The maximum atomic E-state index is 10.8. The van der Waals surface area contributed by atoms with Gasteiger partial charge in [-0.2, -0.15) is 0 Å². The lowest BCUT2D eigenvalue weighted by atomic mass is 9.98. The molecule has 1 aliphatic carbocycles. The van der Waals surface area contributed by atoms with E-state index in [1.165, 1.54) is 128 Å². The van der Waals surface area contributed by atoms with Crippen LogP contribution in [0.4, 0.5) is 0 Å². The van der Waals surface area contributed by atoms with Crippen molar-refractivity contribution in [2.24, 2.45) is 0 Å². The van der Waals surface area contributed by atoms with Crippen LogP contribution >= 0.6 is 0 Å². The molecule has 1 saturated carbocycles. The Balaban J connectivity index is 0. The molecule has 6 heteroatoms. The van der Waals surface area contributed by atoms with Crippen LogP contribution in [0.5, 0.6) is 0 Å². The fraction of sp³-hybridized carbons (Fsp3) is 0.727. The molecule has 0 atom stereocenters. The van der Waals surface area contributed by atoms with Crippen LogP contribution in [0.3, 0.4) is 0 Å². The molecule has 0 aromatic carbocycles. The highest BCUT2D eigenvalue weighted by molar-refractivity contribution is 5.81. The molecule has 0 aromatic rings. The third-order valence-electron chi connectivity index (χ3n) is 6.59. The number of rotatable bonds is 21. The average molecular weight is 551 g/mol. The Morgan fingerprint density at radius 3 is 1.38 bits per heavy atom. The second-order valence-corrected chi connectivity index (χ2v) is 10.1. The van der Waals surface area contributed by atoms with Crippen molar-refractivity contribution in [3.8, 4) is 0 Å². The zero-order chi connectivity index (χ0) is 29.4. The van der Waals surface area contributed by atoms with Gasteiger partial charge in [-0.3, -0.25) is 0 Å². The highest BCUT2D eigenvalue weighted by atomic mass is 16.5. The van der Waals surface area contributed by atoms with Gasteiger partial charge in [0.2, 0.25) is 0 Å². The molecule has 0 saturated heterocycles. The van der Waals surface area contributed by atoms with Crippen LogP contribution in [-0.4, -0.2) is 35.7 Å². The first-order chi connectivity index (χ1) is 18.9. The predicted molar refractivity (Wildman–Crippen MR) is 162 cm³/mol. The highest BCUT2D eigenvalue weighted by Crippen LogP contribution is 2.20. The van der Waals surface area contributed by atoms with Gasteiger partial charge in [0.15, 0.2) is 0 Å². The molecule has 0 bridgehead atoms. The number of unbranched alkanes of at least 4 members (excludes halogenated alkanes) is 15. The van der Waals surface area contributed by atoms with E-state index in [0.29, 0.717) is 6.61 Å². The van der Waals surface area contributed by atoms with Gasteiger partial charge in [-0.05, 0) is 32.1 Å². The van der Waals surface area contributed by atoms with E-state index in [2.05, 4.69) is 26.7 Å². The van der Waals surface area contributed by atoms with Crippen molar-refractivity contribution in [3.05, 3.63) is 38.0 Å². The van der Waals surface area contributed by atoms with Gasteiger partial charge >= 0.3 is 17.9 Å². The zero-order valence-corrected chi connectivity index (χ0v) is 25.0. The monoisotopic (exact) mass is 550 g/mol. The topological polar surface area (TPSA) is 89.9 Å². The Labute approximate surface area is 239 Å². The summed E-state index contributed by atoms with van der Waals surface area (Å²) in [5.74, 6) is -1.56. The average Bonchev–Trinajstić information content (AvgIpc) is 2.95. The minimum absolute atomic E-state index is 0.161. The molecule has 0 aliphatic heterocycles. The van der Waals surface area contributed by atoms with Crippen molar-refractivity contribution < 1.29 is 29.0 Å². The van der Waals surface area contributed by atoms with Gasteiger partial charge in [-0.1, -0.05) is 129 Å². The summed E-state index contributed by atoms with van der Waals surface area (Å²) in [6.07, 6.45) is 30.9. The number of carbonyl (C=O) groups is 3. The summed E-state index contributed by atoms with van der Waals surface area (Å²) in [5.41, 5.74) is 0. The molecule has 0 unspecified atom stereocenters. The van der Waals surface area contributed by atoms with Gasteiger partial charge in [-0.25, -0.2) is 14.4 Å². The lowest BCUT2D eigenvalue weighted by molar-refractivity contribution is -0.144. The summed E-state index contributed by atoms with van der Waals surface area (Å²) in [7, 11) is 0. The number of hydrogen-bond acceptors (Lipinski definition) is 5. The molecule has 1 N–H and O–H groups in total. The second-order valence-electron chi connectivity index (χ2n) is 10.1. The Bertz CT molecular complexity index is 622. The summed E-state index contributed by atoms with van der Waals surface area (Å²) in [6.45, 7) is 12.5. The summed E-state index contributed by atoms with van der Waals surface area (Å²) >= 11 is 0. The van der Waals surface area contributed by atoms with Crippen LogP contribution in [0.1, 0.15) is 142 Å². The molecular formula is C33H58O6. The van der Waals surface area contributed by atoms with E-state index >= 15 is 0 Å². The lowest BCUT2D eigenvalue weighted by Gasteiger charge is -2.20. The van der Waals surface area contributed by atoms with Crippen molar-refractivity contribution in [2.75, 3.05) is 6.61 Å². The maximum Gasteiger partial charge on any atom is 0.330 e. The Kier molecular flexibility index (Phi) is 31.7. The largest absolute Gasteiger partial charge is 0.478 e. The van der Waals surface area contributed by atoms with E-state index in [9.17, 15) is 14.4 Å². The molecule has 1 fully saturated rings. The van der Waals surface area contributed by atoms with E-state index in [4.69, 9.17) is 14.6 Å². The lowest BCUT2D eigenvalue weighted by Crippen LogP contribution is -2.19. The molecule has 1 rings (SSSR count). The van der Waals surface area contributed by atoms with E-state index < -0.39 is 5.97 Å². The molecule has 0 aromatic heterocycles. The predicted octanol–water partition coefficient (Wildman–Crippen LogP) is 9.28. The van der Waals surface area contributed by atoms with Crippen LogP contribution in [0, 0.1) is 0 Å². The van der Waals surface area contributed by atoms with Crippen molar-refractivity contribution in [2.45, 2.75) is 148 Å². The number of carbonyl (C=O) groups excluding carboxylic acids is 2. The van der Waals surface area contributed by atoms with Crippen molar-refractivity contribution in [3.63, 3.8) is 0 Å². The summed E-state index contributed by atoms with van der Waals surface area (Å²) in [5, 5.41) is 7.60. The number of ether oxygens (including phenoxy) is 2. The van der Waals surface area contributed by atoms with Crippen LogP contribution in [0.2, 0.25) is 0 Å². The quantitative estimate of drug-likeness (QED) is 0.0870. The first kappa shape index (κ1) is 38.8. The molecule has 1 aliphatic rings. The zero-order valence-electron chi connectivity index (χ0n) is 25.0. The van der Waals surface area contributed by atoms with Crippen LogP contribution in [0.25, 0.3) is 0 Å². The minimum Gasteiger partial charge on any atom is -0.478 e. The fourth-order valence-corrected chi connectivity index (χ4v) is 4.28. The number of hydrogen-bond donors (Lipinski definition) is 1. The number of aliphatic carboxylic acids is 1. The standard InChI is InChI=1S/C21H40O2.C9H14O2.C3H4O2/c1-3-5-6-7-8-9-10-11-12-13-14-15-16-17-18-19-20-23-21(22)4-2;1-2-9(10)11-8-6-4-3-5-7-8;1-2-3(4)5/h4H,2-3,5-20H2,1H3;2,8H,1,3-7H2;2H,1H2,(H,4,5). The SMILES string of the molecule is C=CC(=O)O.C=CC(=O)OC1CCCCC1.C=CC(=O)OCCCCCCCCCCCCCCCCCC. The minimum atomic E-state index is -0.981. The van der Waals surface area contributed by atoms with Crippen molar-refractivity contribution >= 4 is 17.9 Å². The Hall–Kier alpha value is -2.37. The van der Waals surface area contributed by atoms with Crippen LogP contribution in [0.15, 0.2) is 38.0 Å². The third-order valence-corrected chi connectivity index (χ3v) is 6.59. The fourth-order valence-electron chi connectivity index (χ4n) is 4.28.